The van der Waals surface area contributed by atoms with Crippen molar-refractivity contribution >= 4 is 33.3 Å². The van der Waals surface area contributed by atoms with Crippen molar-refractivity contribution in [2.45, 2.75) is 27.2 Å². The molecule has 0 fully saturated rings. The Kier molecular flexibility index (Phi) is 5.14. The molecule has 2 aromatic heterocycles. The van der Waals surface area contributed by atoms with Crippen molar-refractivity contribution in [1.82, 2.24) is 9.97 Å². The van der Waals surface area contributed by atoms with Crippen molar-refractivity contribution in [3.63, 3.8) is 0 Å². The van der Waals surface area contributed by atoms with E-state index in [0.717, 1.165) is 35.5 Å². The zero-order chi connectivity index (χ0) is 14.5. The van der Waals surface area contributed by atoms with Gasteiger partial charge < -0.3 is 15.3 Å². The molecule has 0 unspecified atom stereocenters. The average Bonchev–Trinajstić information content (AvgIpc) is 2.82. The van der Waals surface area contributed by atoms with Crippen molar-refractivity contribution in [3.05, 3.63) is 10.9 Å². The number of aryl methyl sites for hydroxylation is 1. The number of likely N-dealkylation sites (N-methyl/N-ethyl adjacent to an activating group) is 1. The van der Waals surface area contributed by atoms with Gasteiger partial charge in [-0.3, -0.25) is 0 Å². The van der Waals surface area contributed by atoms with Crippen LogP contribution in [-0.2, 0) is 0 Å². The third kappa shape index (κ3) is 3.19. The summed E-state index contributed by atoms with van der Waals surface area (Å²) in [5, 5.41) is 13.5. The molecule has 2 N–H and O–H groups in total. The monoisotopic (exact) mass is 294 g/mol. The topological polar surface area (TPSA) is 61.3 Å². The predicted octanol–water partition coefficient (Wildman–Crippen LogP) is 2.64. The van der Waals surface area contributed by atoms with E-state index in [0.29, 0.717) is 12.5 Å². The molecule has 0 amide bonds. The number of aliphatic hydroxyl groups is 1. The molecule has 0 aliphatic heterocycles. The van der Waals surface area contributed by atoms with Gasteiger partial charge in [-0.15, -0.1) is 11.3 Å². The Hall–Kier alpha value is -1.40. The number of hydrogen-bond donors (Lipinski definition) is 2. The highest BCUT2D eigenvalue weighted by molar-refractivity contribution is 7.18. The summed E-state index contributed by atoms with van der Waals surface area (Å²) in [4.78, 5) is 13.5. The number of rotatable bonds is 7. The fourth-order valence-electron chi connectivity index (χ4n) is 2.12. The first kappa shape index (κ1) is 15.0. The normalized spacial score (nSPS) is 11.0. The van der Waals surface area contributed by atoms with E-state index in [4.69, 9.17) is 0 Å². The van der Waals surface area contributed by atoms with Gasteiger partial charge in [0.05, 0.1) is 12.0 Å². The molecule has 0 aliphatic carbocycles. The second-order valence-electron chi connectivity index (χ2n) is 4.68. The Labute approximate surface area is 123 Å². The Balaban J connectivity index is 2.47. The summed E-state index contributed by atoms with van der Waals surface area (Å²) in [5.74, 6) is 1.59. The lowest BCUT2D eigenvalue weighted by Crippen LogP contribution is -2.27. The number of hydrogen-bond acceptors (Lipinski definition) is 6. The SMILES string of the molecule is CCCNc1nc(N(CC)CCO)c2cc(C)sc2n1. The number of aromatic nitrogens is 2. The van der Waals surface area contributed by atoms with Crippen molar-refractivity contribution in [2.75, 3.05) is 36.5 Å². The summed E-state index contributed by atoms with van der Waals surface area (Å²) < 4.78 is 0. The van der Waals surface area contributed by atoms with Crippen LogP contribution in [0.4, 0.5) is 11.8 Å². The van der Waals surface area contributed by atoms with Gasteiger partial charge in [0, 0.05) is 24.5 Å². The largest absolute Gasteiger partial charge is 0.395 e. The molecule has 0 saturated carbocycles. The number of fused-ring (bicyclic) bond motifs is 1. The van der Waals surface area contributed by atoms with E-state index in [9.17, 15) is 5.11 Å². The van der Waals surface area contributed by atoms with Gasteiger partial charge in [0.25, 0.3) is 0 Å². The van der Waals surface area contributed by atoms with Crippen molar-refractivity contribution < 1.29 is 5.11 Å². The summed E-state index contributed by atoms with van der Waals surface area (Å²) in [6.45, 7) is 8.66. The van der Waals surface area contributed by atoms with Gasteiger partial charge >= 0.3 is 0 Å². The van der Waals surface area contributed by atoms with Crippen LogP contribution in [-0.4, -0.2) is 41.3 Å². The van der Waals surface area contributed by atoms with E-state index < -0.39 is 0 Å². The van der Waals surface area contributed by atoms with Gasteiger partial charge in [-0.25, -0.2) is 4.98 Å². The number of nitrogens with one attached hydrogen (secondary N) is 1. The van der Waals surface area contributed by atoms with E-state index in [2.05, 4.69) is 47.0 Å². The fraction of sp³-hybridized carbons (Fsp3) is 0.571. The van der Waals surface area contributed by atoms with Gasteiger partial charge in [-0.1, -0.05) is 6.92 Å². The van der Waals surface area contributed by atoms with Gasteiger partial charge in [0.15, 0.2) is 0 Å². The molecule has 0 radical (unpaired) electrons. The highest BCUT2D eigenvalue weighted by Gasteiger charge is 2.15. The second-order valence-corrected chi connectivity index (χ2v) is 5.91. The van der Waals surface area contributed by atoms with Gasteiger partial charge in [-0.05, 0) is 26.3 Å². The first-order chi connectivity index (χ1) is 9.69. The average molecular weight is 294 g/mol. The Morgan fingerprint density at radius 1 is 1.35 bits per heavy atom. The lowest BCUT2D eigenvalue weighted by Gasteiger charge is -2.22. The van der Waals surface area contributed by atoms with Crippen LogP contribution >= 0.6 is 11.3 Å². The molecule has 5 nitrogen and oxygen atoms in total. The molecule has 0 atom stereocenters. The van der Waals surface area contributed by atoms with Crippen LogP contribution in [0.5, 0.6) is 0 Å². The fourth-order valence-corrected chi connectivity index (χ4v) is 2.99. The summed E-state index contributed by atoms with van der Waals surface area (Å²) in [6, 6.07) is 2.12. The van der Waals surface area contributed by atoms with Crippen LogP contribution in [0.3, 0.4) is 0 Å². The molecule has 20 heavy (non-hydrogen) atoms. The summed E-state index contributed by atoms with van der Waals surface area (Å²) >= 11 is 1.68. The van der Waals surface area contributed by atoms with E-state index in [1.54, 1.807) is 11.3 Å². The minimum absolute atomic E-state index is 0.125. The Bertz CT molecular complexity index is 570. The molecule has 0 spiro atoms. The number of aliphatic hydroxyl groups excluding tert-OH is 1. The zero-order valence-corrected chi connectivity index (χ0v) is 13.1. The molecule has 0 bridgehead atoms. The van der Waals surface area contributed by atoms with Gasteiger partial charge in [0.2, 0.25) is 5.95 Å². The maximum absolute atomic E-state index is 9.22. The summed E-state index contributed by atoms with van der Waals surface area (Å²) in [7, 11) is 0. The van der Waals surface area contributed by atoms with Crippen molar-refractivity contribution in [3.8, 4) is 0 Å². The standard InChI is InChI=1S/C14H22N4OS/c1-4-6-15-14-16-12(18(5-2)7-8-19)11-9-10(3)20-13(11)17-14/h9,19H,4-8H2,1-3H3,(H,15,16,17). The number of nitrogens with zero attached hydrogens (tertiary/aromatic N) is 3. The maximum atomic E-state index is 9.22. The number of thiophene rings is 1. The molecule has 0 aromatic carbocycles. The second kappa shape index (κ2) is 6.85. The highest BCUT2D eigenvalue weighted by atomic mass is 32.1. The highest BCUT2D eigenvalue weighted by Crippen LogP contribution is 2.31. The lowest BCUT2D eigenvalue weighted by molar-refractivity contribution is 0.302. The summed E-state index contributed by atoms with van der Waals surface area (Å²) in [5.41, 5.74) is 0. The summed E-state index contributed by atoms with van der Waals surface area (Å²) in [6.07, 6.45) is 1.04. The van der Waals surface area contributed by atoms with Crippen molar-refractivity contribution in [2.24, 2.45) is 0 Å². The van der Waals surface area contributed by atoms with Crippen LogP contribution in [0.25, 0.3) is 10.2 Å². The molecule has 6 heteroatoms. The van der Waals surface area contributed by atoms with E-state index in [1.165, 1.54) is 4.88 Å². The Morgan fingerprint density at radius 3 is 2.80 bits per heavy atom. The molecular formula is C14H22N4OS. The number of anilines is 2. The molecular weight excluding hydrogens is 272 g/mol. The molecule has 0 saturated heterocycles. The van der Waals surface area contributed by atoms with Crippen LogP contribution < -0.4 is 10.2 Å². The third-order valence-corrected chi connectivity index (χ3v) is 4.02. The van der Waals surface area contributed by atoms with Crippen LogP contribution in [0.1, 0.15) is 25.1 Å². The minimum Gasteiger partial charge on any atom is -0.395 e. The predicted molar refractivity (Wildman–Crippen MR) is 85.9 cm³/mol. The minimum atomic E-state index is 0.125. The molecule has 110 valence electrons. The van der Waals surface area contributed by atoms with Gasteiger partial charge in [-0.2, -0.15) is 4.98 Å². The molecule has 2 heterocycles. The van der Waals surface area contributed by atoms with Crippen molar-refractivity contribution in [1.29, 1.82) is 0 Å². The molecule has 0 aliphatic rings. The van der Waals surface area contributed by atoms with Crippen LogP contribution in [0, 0.1) is 6.92 Å². The van der Waals surface area contributed by atoms with E-state index >= 15 is 0 Å². The first-order valence-corrected chi connectivity index (χ1v) is 7.89. The van der Waals surface area contributed by atoms with E-state index in [1.807, 2.05) is 0 Å². The zero-order valence-electron chi connectivity index (χ0n) is 12.3. The smallest absolute Gasteiger partial charge is 0.226 e. The van der Waals surface area contributed by atoms with Crippen LogP contribution in [0.2, 0.25) is 0 Å². The molecule has 2 rings (SSSR count). The van der Waals surface area contributed by atoms with E-state index in [-0.39, 0.29) is 6.61 Å². The lowest BCUT2D eigenvalue weighted by atomic mass is 10.3. The maximum Gasteiger partial charge on any atom is 0.226 e. The van der Waals surface area contributed by atoms with Gasteiger partial charge in [0.1, 0.15) is 10.6 Å². The third-order valence-electron chi connectivity index (χ3n) is 3.08. The van der Waals surface area contributed by atoms with Crippen LogP contribution in [0.15, 0.2) is 6.07 Å². The quantitative estimate of drug-likeness (QED) is 0.822. The molecule has 2 aromatic rings. The Morgan fingerprint density at radius 2 is 2.15 bits per heavy atom. The first-order valence-electron chi connectivity index (χ1n) is 7.07.